The molecule has 1 aliphatic carbocycles. The monoisotopic (exact) mass is 544 g/mol. The van der Waals surface area contributed by atoms with Gasteiger partial charge in [0.1, 0.15) is 18.8 Å². The summed E-state index contributed by atoms with van der Waals surface area (Å²) in [6, 6.07) is 2.17. The number of amides is 1. The maximum Gasteiger partial charge on any atom is 1.00 e. The molecule has 1 saturated carbocycles. The molecule has 1 aliphatic heterocycles. The molecular weight excluding hydrogens is 527 g/mol. The second-order valence-corrected chi connectivity index (χ2v) is 10.2. The average Bonchev–Trinajstić information content (AvgIpc) is 3.50. The van der Waals surface area contributed by atoms with Crippen molar-refractivity contribution >= 4 is 68.5 Å². The molecule has 0 bridgehead atoms. The summed E-state index contributed by atoms with van der Waals surface area (Å²) in [4.78, 5) is 58.5. The molecule has 2 aromatic heterocycles. The Morgan fingerprint density at radius 3 is 2.80 bits per heavy atom. The van der Waals surface area contributed by atoms with Crippen molar-refractivity contribution in [1.29, 1.82) is 0 Å². The molecule has 1 unspecified atom stereocenters. The van der Waals surface area contributed by atoms with E-state index in [1.807, 2.05) is 0 Å². The number of furan rings is 1. The fourth-order valence-electron chi connectivity index (χ4n) is 3.65. The third-order valence-corrected chi connectivity index (χ3v) is 8.26. The number of carbonyl (C=O) groups is 4. The normalized spacial score (nSPS) is 21.5. The van der Waals surface area contributed by atoms with Crippen molar-refractivity contribution in [1.82, 2.24) is 10.3 Å². The largest absolute Gasteiger partial charge is 1.00 e. The maximum absolute atomic E-state index is 12.9. The van der Waals surface area contributed by atoms with E-state index in [2.05, 4.69) is 15.5 Å². The number of carboxylic acids is 1. The van der Waals surface area contributed by atoms with Crippen LogP contribution in [0.2, 0.25) is 0 Å². The summed E-state index contributed by atoms with van der Waals surface area (Å²) in [5, 5.41) is 19.1. The van der Waals surface area contributed by atoms with Gasteiger partial charge in [-0.2, -0.15) is 11.8 Å². The molecule has 2 aliphatic rings. The van der Waals surface area contributed by atoms with Gasteiger partial charge in [-0.3, -0.25) is 14.4 Å². The Labute approximate surface area is 233 Å². The van der Waals surface area contributed by atoms with E-state index in [1.165, 1.54) is 36.6 Å². The van der Waals surface area contributed by atoms with E-state index in [9.17, 15) is 24.3 Å². The number of aliphatic carboxylic acids is 1. The van der Waals surface area contributed by atoms with Gasteiger partial charge in [0, 0.05) is 22.1 Å². The van der Waals surface area contributed by atoms with Gasteiger partial charge < -0.3 is 30.2 Å². The van der Waals surface area contributed by atoms with E-state index in [4.69, 9.17) is 15.0 Å². The number of nitrogens with two attached hydrogens (primary N) is 1. The Kier molecular flexibility index (Phi) is 9.23. The molecule has 11 nitrogen and oxygen atoms in total. The van der Waals surface area contributed by atoms with E-state index in [1.54, 1.807) is 6.07 Å². The summed E-state index contributed by atoms with van der Waals surface area (Å²) >= 11 is 3.33. The smallest absolute Gasteiger partial charge is 0.545 e. The Morgan fingerprint density at radius 1 is 1.43 bits per heavy atom. The first kappa shape index (κ1) is 27.5. The van der Waals surface area contributed by atoms with E-state index in [-0.39, 0.29) is 74.0 Å². The number of oxime groups is 1. The SMILES string of the molecule is CO/N=C(\C(=O)N[C@@H]1C(=O)C2C(C(=O)[O-])=C(CSC(=O)c3ccco3)CS[C@@H]21)c1csc(N)n1.[Na+]. The molecule has 178 valence electrons. The number of nitrogens with one attached hydrogen (secondary N) is 1. The fraction of sp³-hybridized carbons (Fsp3) is 0.300. The van der Waals surface area contributed by atoms with Crippen molar-refractivity contribution in [2.75, 3.05) is 24.3 Å². The summed E-state index contributed by atoms with van der Waals surface area (Å²) in [6.07, 6.45) is 1.37. The zero-order valence-corrected chi connectivity index (χ0v) is 23.0. The van der Waals surface area contributed by atoms with Gasteiger partial charge in [-0.1, -0.05) is 16.9 Å². The molecular formula is C20H17N4NaO7S3. The first-order chi connectivity index (χ1) is 16.3. The van der Waals surface area contributed by atoms with Crippen LogP contribution < -0.4 is 45.7 Å². The molecule has 1 fully saturated rings. The molecule has 35 heavy (non-hydrogen) atoms. The Balaban J connectivity index is 0.00000342. The predicted octanol–water partition coefficient (Wildman–Crippen LogP) is -2.91. The number of ketones is 1. The van der Waals surface area contributed by atoms with E-state index in [0.29, 0.717) is 5.57 Å². The molecule has 0 spiro atoms. The number of aromatic nitrogens is 1. The zero-order chi connectivity index (χ0) is 24.4. The second-order valence-electron chi connectivity index (χ2n) is 7.16. The number of hydrogen-bond acceptors (Lipinski definition) is 13. The molecule has 0 aromatic carbocycles. The van der Waals surface area contributed by atoms with Crippen molar-refractivity contribution in [3.05, 3.63) is 46.4 Å². The van der Waals surface area contributed by atoms with Crippen LogP contribution in [0.1, 0.15) is 16.2 Å². The third kappa shape index (κ3) is 5.67. The van der Waals surface area contributed by atoms with Crippen LogP contribution in [0.5, 0.6) is 0 Å². The predicted molar refractivity (Wildman–Crippen MR) is 124 cm³/mol. The summed E-state index contributed by atoms with van der Waals surface area (Å²) < 4.78 is 5.05. The standard InChI is InChI=1S/C20H18N4O7S3.Na/c1-30-24-13(9-7-34-20(21)22-9)17(26)23-14-15(25)12-11(18(27)28)8(5-32-16(12)14)6-33-19(29)10-3-2-4-31-10;/h2-4,7,12,14,16H,5-6H2,1H3,(H2,21,22)(H,23,26)(H,27,28);/q;+1/p-1/b24-13-;/t12?,14-,16+;/m1./s1. The minimum Gasteiger partial charge on any atom is -0.545 e. The van der Waals surface area contributed by atoms with Gasteiger partial charge in [0.2, 0.25) is 0 Å². The number of fused-ring (bicyclic) bond motifs is 1. The van der Waals surface area contributed by atoms with Crippen LogP contribution in [0.25, 0.3) is 0 Å². The van der Waals surface area contributed by atoms with Crippen LogP contribution in [0, 0.1) is 5.92 Å². The Bertz CT molecular complexity index is 1210. The van der Waals surface area contributed by atoms with Gasteiger partial charge in [0.15, 0.2) is 22.4 Å². The van der Waals surface area contributed by atoms with Crippen LogP contribution in [0.3, 0.4) is 0 Å². The van der Waals surface area contributed by atoms with Crippen molar-refractivity contribution in [3.8, 4) is 0 Å². The van der Waals surface area contributed by atoms with Crippen molar-refractivity contribution < 1.29 is 63.1 Å². The number of Topliss-reactive ketones (excluding diaryl/α,β-unsaturated/α-hetero) is 1. The fourth-order valence-corrected chi connectivity index (χ4v) is 6.66. The molecule has 0 radical (unpaired) electrons. The van der Waals surface area contributed by atoms with Crippen LogP contribution in [-0.2, 0) is 19.2 Å². The number of nitrogen functional groups attached to an aromatic ring is 1. The first-order valence-corrected chi connectivity index (χ1v) is 12.7. The summed E-state index contributed by atoms with van der Waals surface area (Å²) in [7, 11) is 1.26. The summed E-state index contributed by atoms with van der Waals surface area (Å²) in [5.74, 6) is -3.06. The Hall–Kier alpha value is -2.10. The number of rotatable bonds is 8. The zero-order valence-electron chi connectivity index (χ0n) is 18.5. The van der Waals surface area contributed by atoms with Crippen LogP contribution in [0.4, 0.5) is 5.13 Å². The van der Waals surface area contributed by atoms with Gasteiger partial charge in [0.25, 0.3) is 11.0 Å². The molecule has 3 heterocycles. The molecule has 0 saturated heterocycles. The average molecular weight is 545 g/mol. The minimum absolute atomic E-state index is 0. The van der Waals surface area contributed by atoms with E-state index in [0.717, 1.165) is 23.1 Å². The minimum atomic E-state index is -1.46. The van der Waals surface area contributed by atoms with Crippen LogP contribution >= 0.6 is 34.9 Å². The number of nitrogens with zero attached hydrogens (tertiary/aromatic N) is 2. The van der Waals surface area contributed by atoms with Gasteiger partial charge in [0.05, 0.1) is 18.2 Å². The van der Waals surface area contributed by atoms with Crippen molar-refractivity contribution in [3.63, 3.8) is 0 Å². The number of carboxylic acid groups (broad SMARTS) is 1. The van der Waals surface area contributed by atoms with Gasteiger partial charge in [-0.05, 0) is 23.3 Å². The maximum atomic E-state index is 12.9. The molecule has 3 atom stereocenters. The van der Waals surface area contributed by atoms with E-state index < -0.39 is 34.9 Å². The van der Waals surface area contributed by atoms with Crippen molar-refractivity contribution in [2.45, 2.75) is 11.3 Å². The molecule has 1 amide bonds. The van der Waals surface area contributed by atoms with Crippen LogP contribution in [0.15, 0.2) is 44.5 Å². The van der Waals surface area contributed by atoms with Gasteiger partial charge in [-0.15, -0.1) is 11.3 Å². The van der Waals surface area contributed by atoms with Crippen molar-refractivity contribution in [2.24, 2.45) is 11.1 Å². The number of thiazole rings is 1. The Morgan fingerprint density at radius 2 is 2.20 bits per heavy atom. The molecule has 2 aromatic rings. The quantitative estimate of drug-likeness (QED) is 0.198. The van der Waals surface area contributed by atoms with Gasteiger partial charge in [-0.25, -0.2) is 4.98 Å². The van der Waals surface area contributed by atoms with Crippen LogP contribution in [-0.4, -0.2) is 63.4 Å². The third-order valence-electron chi connectivity index (χ3n) is 5.18. The second kappa shape index (κ2) is 11.8. The summed E-state index contributed by atoms with van der Waals surface area (Å²) in [5.41, 5.74) is 5.96. The number of carbonyl (C=O) groups excluding carboxylic acids is 4. The number of thioether (sulfide) groups is 2. The summed E-state index contributed by atoms with van der Waals surface area (Å²) in [6.45, 7) is 0. The molecule has 4 rings (SSSR count). The topological polar surface area (TPSA) is 177 Å². The number of hydrogen-bond donors (Lipinski definition) is 2. The van der Waals surface area contributed by atoms with E-state index >= 15 is 0 Å². The molecule has 3 N–H and O–H groups in total. The number of anilines is 1. The van der Waals surface area contributed by atoms with Gasteiger partial charge >= 0.3 is 29.6 Å². The first-order valence-electron chi connectivity index (χ1n) is 9.74. The molecule has 15 heteroatoms.